The Labute approximate surface area is 134 Å². The van der Waals surface area contributed by atoms with E-state index in [9.17, 15) is 0 Å². The monoisotopic (exact) mass is 320 g/mol. The molecule has 0 amide bonds. The van der Waals surface area contributed by atoms with Gasteiger partial charge in [-0.3, -0.25) is 0 Å². The molecule has 0 spiro atoms. The van der Waals surface area contributed by atoms with Crippen molar-refractivity contribution in [2.24, 2.45) is 0 Å². The summed E-state index contributed by atoms with van der Waals surface area (Å²) in [6.07, 6.45) is -1.47. The molecule has 6 heteroatoms. The minimum absolute atomic E-state index is 0.232. The van der Waals surface area contributed by atoms with Crippen LogP contribution in [0, 0.1) is 0 Å². The third-order valence-corrected chi connectivity index (χ3v) is 3.49. The van der Waals surface area contributed by atoms with Crippen LogP contribution in [0.5, 0.6) is 0 Å². The second kappa shape index (κ2) is 11.3. The summed E-state index contributed by atoms with van der Waals surface area (Å²) in [7, 11) is 0. The molecule has 6 nitrogen and oxygen atoms in total. The minimum atomic E-state index is -0.469. The molecule has 132 valence electrons. The lowest BCUT2D eigenvalue weighted by molar-refractivity contribution is -0.321. The number of ether oxygens (including phenoxy) is 6. The smallest absolute Gasteiger partial charge is 0.186 e. The molecule has 1 fully saturated rings. The molecule has 22 heavy (non-hydrogen) atoms. The van der Waals surface area contributed by atoms with Crippen molar-refractivity contribution in [3.05, 3.63) is 0 Å². The van der Waals surface area contributed by atoms with Gasteiger partial charge in [0.2, 0.25) is 0 Å². The van der Waals surface area contributed by atoms with Gasteiger partial charge in [0.1, 0.15) is 24.4 Å². The molecule has 5 atom stereocenters. The Morgan fingerprint density at radius 2 is 1.18 bits per heavy atom. The Hall–Kier alpha value is -0.240. The molecule has 0 saturated carbocycles. The summed E-state index contributed by atoms with van der Waals surface area (Å²) < 4.78 is 35.0. The summed E-state index contributed by atoms with van der Waals surface area (Å²) in [6, 6.07) is 0. The van der Waals surface area contributed by atoms with Crippen LogP contribution in [0.15, 0.2) is 0 Å². The first kappa shape index (κ1) is 19.8. The van der Waals surface area contributed by atoms with Gasteiger partial charge in [-0.2, -0.15) is 0 Å². The molecular weight excluding hydrogens is 288 g/mol. The van der Waals surface area contributed by atoms with Gasteiger partial charge >= 0.3 is 0 Å². The van der Waals surface area contributed by atoms with Crippen LogP contribution in [0.1, 0.15) is 34.6 Å². The molecule has 5 unspecified atom stereocenters. The largest absolute Gasteiger partial charge is 0.379 e. The van der Waals surface area contributed by atoms with E-state index in [0.29, 0.717) is 39.6 Å². The van der Waals surface area contributed by atoms with Gasteiger partial charge < -0.3 is 28.4 Å². The number of hydrogen-bond donors (Lipinski definition) is 0. The van der Waals surface area contributed by atoms with Crippen molar-refractivity contribution in [3.8, 4) is 0 Å². The molecule has 0 aromatic heterocycles. The van der Waals surface area contributed by atoms with E-state index in [1.165, 1.54) is 0 Å². The standard InChI is InChI=1S/C16H32O6/c1-6-17-11-12-13(18-7-2)14(19-8-3)15(20-9-4)16(22-12)21-10-5/h12-16H,6-11H2,1-5H3. The Morgan fingerprint density at radius 3 is 1.73 bits per heavy atom. The average Bonchev–Trinajstić information content (AvgIpc) is 2.51. The van der Waals surface area contributed by atoms with Gasteiger partial charge in [0.15, 0.2) is 6.29 Å². The molecule has 0 aromatic rings. The van der Waals surface area contributed by atoms with E-state index in [0.717, 1.165) is 0 Å². The molecule has 1 rings (SSSR count). The van der Waals surface area contributed by atoms with E-state index in [4.69, 9.17) is 28.4 Å². The lowest BCUT2D eigenvalue weighted by atomic mass is 9.98. The summed E-state index contributed by atoms with van der Waals surface area (Å²) in [5.74, 6) is 0. The molecule has 1 saturated heterocycles. The summed E-state index contributed by atoms with van der Waals surface area (Å²) in [5.41, 5.74) is 0. The summed E-state index contributed by atoms with van der Waals surface area (Å²) in [4.78, 5) is 0. The maximum absolute atomic E-state index is 6.06. The predicted octanol–water partition coefficient (Wildman–Crippen LogP) is 2.00. The van der Waals surface area contributed by atoms with Gasteiger partial charge in [-0.1, -0.05) is 0 Å². The Kier molecular flexibility index (Phi) is 10.2. The van der Waals surface area contributed by atoms with Gasteiger partial charge in [-0.25, -0.2) is 0 Å². The maximum atomic E-state index is 6.06. The molecular formula is C16H32O6. The predicted molar refractivity (Wildman–Crippen MR) is 83.0 cm³/mol. The molecule has 1 heterocycles. The zero-order chi connectivity index (χ0) is 16.4. The van der Waals surface area contributed by atoms with Gasteiger partial charge in [0, 0.05) is 33.0 Å². The van der Waals surface area contributed by atoms with E-state index in [-0.39, 0.29) is 24.4 Å². The highest BCUT2D eigenvalue weighted by Crippen LogP contribution is 2.29. The highest BCUT2D eigenvalue weighted by molar-refractivity contribution is 4.92. The first-order valence-corrected chi connectivity index (χ1v) is 8.42. The molecule has 0 N–H and O–H groups in total. The Balaban J connectivity index is 2.94. The fraction of sp³-hybridized carbons (Fsp3) is 1.00. The van der Waals surface area contributed by atoms with Crippen LogP contribution in [0.25, 0.3) is 0 Å². The number of hydrogen-bond acceptors (Lipinski definition) is 6. The zero-order valence-electron chi connectivity index (χ0n) is 14.6. The van der Waals surface area contributed by atoms with E-state index >= 15 is 0 Å². The molecule has 0 aliphatic carbocycles. The van der Waals surface area contributed by atoms with E-state index in [1.807, 2.05) is 34.6 Å². The topological polar surface area (TPSA) is 55.4 Å². The molecule has 0 aromatic carbocycles. The average molecular weight is 320 g/mol. The summed E-state index contributed by atoms with van der Waals surface area (Å²) in [6.45, 7) is 13.1. The third kappa shape index (κ3) is 5.44. The quantitative estimate of drug-likeness (QED) is 0.580. The first-order valence-electron chi connectivity index (χ1n) is 8.42. The highest BCUT2D eigenvalue weighted by Gasteiger charge is 2.48. The molecule has 1 aliphatic heterocycles. The fourth-order valence-electron chi connectivity index (χ4n) is 2.69. The van der Waals surface area contributed by atoms with Crippen LogP contribution in [-0.4, -0.2) is 70.3 Å². The van der Waals surface area contributed by atoms with Gasteiger partial charge in [-0.05, 0) is 34.6 Å². The van der Waals surface area contributed by atoms with Crippen molar-refractivity contribution in [2.45, 2.75) is 65.3 Å². The van der Waals surface area contributed by atoms with Crippen LogP contribution in [-0.2, 0) is 28.4 Å². The molecule has 0 bridgehead atoms. The lowest BCUT2D eigenvalue weighted by Crippen LogP contribution is -2.62. The zero-order valence-corrected chi connectivity index (χ0v) is 14.6. The number of rotatable bonds is 11. The van der Waals surface area contributed by atoms with Crippen molar-refractivity contribution in [3.63, 3.8) is 0 Å². The van der Waals surface area contributed by atoms with Gasteiger partial charge in [0.05, 0.1) is 6.61 Å². The maximum Gasteiger partial charge on any atom is 0.186 e. The van der Waals surface area contributed by atoms with Crippen LogP contribution in [0.4, 0.5) is 0 Å². The van der Waals surface area contributed by atoms with Crippen molar-refractivity contribution in [1.29, 1.82) is 0 Å². The Bertz CT molecular complexity index is 275. The van der Waals surface area contributed by atoms with Crippen LogP contribution in [0.3, 0.4) is 0 Å². The summed E-state index contributed by atoms with van der Waals surface area (Å²) in [5, 5.41) is 0. The van der Waals surface area contributed by atoms with E-state index in [2.05, 4.69) is 0 Å². The van der Waals surface area contributed by atoms with Crippen LogP contribution < -0.4 is 0 Å². The van der Waals surface area contributed by atoms with Gasteiger partial charge in [0.25, 0.3) is 0 Å². The molecule has 0 radical (unpaired) electrons. The normalized spacial score (nSPS) is 32.3. The SMILES string of the molecule is CCOCC1OC(OCC)C(OCC)C(OCC)C1OCC. The van der Waals surface area contributed by atoms with E-state index < -0.39 is 6.29 Å². The minimum Gasteiger partial charge on any atom is -0.379 e. The Morgan fingerprint density at radius 1 is 0.636 bits per heavy atom. The summed E-state index contributed by atoms with van der Waals surface area (Å²) >= 11 is 0. The van der Waals surface area contributed by atoms with Gasteiger partial charge in [-0.15, -0.1) is 0 Å². The second-order valence-electron chi connectivity index (χ2n) is 4.92. The fourth-order valence-corrected chi connectivity index (χ4v) is 2.69. The third-order valence-electron chi connectivity index (χ3n) is 3.49. The van der Waals surface area contributed by atoms with Crippen LogP contribution in [0.2, 0.25) is 0 Å². The second-order valence-corrected chi connectivity index (χ2v) is 4.92. The first-order chi connectivity index (χ1) is 10.7. The van der Waals surface area contributed by atoms with Crippen molar-refractivity contribution >= 4 is 0 Å². The van der Waals surface area contributed by atoms with Crippen LogP contribution >= 0.6 is 0 Å². The van der Waals surface area contributed by atoms with Crippen molar-refractivity contribution in [1.82, 2.24) is 0 Å². The van der Waals surface area contributed by atoms with Crippen molar-refractivity contribution in [2.75, 3.05) is 39.6 Å². The highest BCUT2D eigenvalue weighted by atomic mass is 16.7. The lowest BCUT2D eigenvalue weighted by Gasteiger charge is -2.45. The van der Waals surface area contributed by atoms with Crippen molar-refractivity contribution < 1.29 is 28.4 Å². The molecule has 1 aliphatic rings. The van der Waals surface area contributed by atoms with E-state index in [1.54, 1.807) is 0 Å².